The summed E-state index contributed by atoms with van der Waals surface area (Å²) in [5, 5.41) is 0. The molecule has 0 N–H and O–H groups in total. The Hall–Kier alpha value is -2.14. The van der Waals surface area contributed by atoms with Crippen LogP contribution in [0.2, 0.25) is 0 Å². The lowest BCUT2D eigenvalue weighted by Crippen LogP contribution is -2.34. The number of benzene rings is 1. The monoisotopic (exact) mass is 366 g/mol. The molecule has 1 saturated heterocycles. The second kappa shape index (κ2) is 7.85. The van der Waals surface area contributed by atoms with E-state index in [1.54, 1.807) is 7.11 Å². The summed E-state index contributed by atoms with van der Waals surface area (Å²) in [6, 6.07) is 8.38. The smallest absolute Gasteiger partial charge is 0.137 e. The summed E-state index contributed by atoms with van der Waals surface area (Å²) in [6.45, 7) is 9.52. The molecule has 0 spiro atoms. The van der Waals surface area contributed by atoms with Crippen LogP contribution in [0.1, 0.15) is 55.3 Å². The fourth-order valence-electron chi connectivity index (χ4n) is 4.08. The molecule has 0 radical (unpaired) electrons. The number of rotatable bonds is 5. The average molecular weight is 367 g/mol. The molecular weight excluding hydrogens is 336 g/mol. The first kappa shape index (κ1) is 18.2. The fraction of sp³-hybridized carbons (Fsp3) is 0.545. The van der Waals surface area contributed by atoms with Gasteiger partial charge in [-0.1, -0.05) is 26.0 Å². The largest absolute Gasteiger partial charge is 0.497 e. The molecule has 27 heavy (non-hydrogen) atoms. The molecule has 2 aliphatic rings. The third-order valence-corrected chi connectivity index (χ3v) is 5.60. The van der Waals surface area contributed by atoms with Gasteiger partial charge in [0.15, 0.2) is 0 Å². The van der Waals surface area contributed by atoms with E-state index >= 15 is 0 Å². The second-order valence-electron chi connectivity index (χ2n) is 7.99. The molecule has 0 bridgehead atoms. The third kappa shape index (κ3) is 3.93. The summed E-state index contributed by atoms with van der Waals surface area (Å²) in [6.07, 6.45) is 3.54. The summed E-state index contributed by atoms with van der Waals surface area (Å²) < 4.78 is 5.38. The van der Waals surface area contributed by atoms with E-state index in [0.717, 1.165) is 50.7 Å². The minimum absolute atomic E-state index is 0.367. The molecule has 0 saturated carbocycles. The van der Waals surface area contributed by atoms with E-state index in [-0.39, 0.29) is 0 Å². The highest BCUT2D eigenvalue weighted by Crippen LogP contribution is 2.31. The zero-order valence-electron chi connectivity index (χ0n) is 16.7. The van der Waals surface area contributed by atoms with Crippen molar-refractivity contribution in [1.82, 2.24) is 14.9 Å². The summed E-state index contributed by atoms with van der Waals surface area (Å²) in [7, 11) is 1.72. The number of hydrogen-bond acceptors (Lipinski definition) is 5. The van der Waals surface area contributed by atoms with Gasteiger partial charge in [0.1, 0.15) is 17.4 Å². The molecule has 0 aliphatic carbocycles. The van der Waals surface area contributed by atoms with Crippen molar-refractivity contribution >= 4 is 5.82 Å². The molecule has 3 heterocycles. The van der Waals surface area contributed by atoms with Crippen LogP contribution in [0.15, 0.2) is 24.3 Å². The van der Waals surface area contributed by atoms with Crippen molar-refractivity contribution < 1.29 is 4.74 Å². The van der Waals surface area contributed by atoms with E-state index < -0.39 is 0 Å². The molecule has 0 unspecified atom stereocenters. The molecule has 4 rings (SSSR count). The van der Waals surface area contributed by atoms with E-state index in [1.165, 1.54) is 35.5 Å². The van der Waals surface area contributed by atoms with Crippen LogP contribution in [0, 0.1) is 0 Å². The van der Waals surface area contributed by atoms with Crippen LogP contribution >= 0.6 is 0 Å². The first-order chi connectivity index (χ1) is 13.1. The molecule has 1 fully saturated rings. The third-order valence-electron chi connectivity index (χ3n) is 5.60. The van der Waals surface area contributed by atoms with E-state index in [9.17, 15) is 0 Å². The van der Waals surface area contributed by atoms with Crippen molar-refractivity contribution in [3.8, 4) is 5.75 Å². The Labute approximate surface area is 162 Å². The number of anilines is 1. The summed E-state index contributed by atoms with van der Waals surface area (Å²) in [5.74, 6) is 3.48. The quantitative estimate of drug-likeness (QED) is 0.806. The number of aromatic nitrogens is 2. The van der Waals surface area contributed by atoms with Crippen LogP contribution in [-0.2, 0) is 19.5 Å². The molecular formula is C22H30N4O. The van der Waals surface area contributed by atoms with Crippen LogP contribution in [0.4, 0.5) is 5.82 Å². The topological polar surface area (TPSA) is 41.5 Å². The Morgan fingerprint density at radius 3 is 2.67 bits per heavy atom. The molecule has 0 atom stereocenters. The van der Waals surface area contributed by atoms with E-state index in [1.807, 2.05) is 6.07 Å². The molecule has 5 heteroatoms. The van der Waals surface area contributed by atoms with Crippen LogP contribution in [0.25, 0.3) is 0 Å². The normalized spacial score (nSPS) is 17.4. The SMILES string of the molecule is COc1cccc(CN2CCc3nc(C(C)C)nc(N4CCCC4)c3C2)c1. The van der Waals surface area contributed by atoms with Crippen molar-refractivity contribution in [2.45, 2.75) is 52.1 Å². The Balaban J connectivity index is 1.60. The average Bonchev–Trinajstić information content (AvgIpc) is 3.22. The van der Waals surface area contributed by atoms with Gasteiger partial charge in [0.05, 0.1) is 12.8 Å². The van der Waals surface area contributed by atoms with Crippen molar-refractivity contribution in [2.24, 2.45) is 0 Å². The maximum atomic E-state index is 5.38. The lowest BCUT2D eigenvalue weighted by Gasteiger charge is -2.32. The number of hydrogen-bond donors (Lipinski definition) is 0. The van der Waals surface area contributed by atoms with E-state index in [2.05, 4.69) is 41.8 Å². The van der Waals surface area contributed by atoms with Crippen molar-refractivity contribution in [1.29, 1.82) is 0 Å². The van der Waals surface area contributed by atoms with Crippen LogP contribution in [-0.4, -0.2) is 41.6 Å². The highest BCUT2D eigenvalue weighted by Gasteiger charge is 2.27. The molecule has 2 aromatic rings. The Morgan fingerprint density at radius 2 is 1.93 bits per heavy atom. The lowest BCUT2D eigenvalue weighted by atomic mass is 10.0. The molecule has 2 aliphatic heterocycles. The van der Waals surface area contributed by atoms with Gasteiger partial charge < -0.3 is 9.64 Å². The van der Waals surface area contributed by atoms with Crippen LogP contribution in [0.3, 0.4) is 0 Å². The molecule has 1 aromatic heterocycles. The standard InChI is InChI=1S/C22H30N4O/c1-16(2)21-23-20-9-12-25(14-17-7-6-8-18(13-17)27-3)15-19(20)22(24-21)26-10-4-5-11-26/h6-8,13,16H,4-5,9-12,14-15H2,1-3H3. The molecule has 1 aromatic carbocycles. The summed E-state index contributed by atoms with van der Waals surface area (Å²) >= 11 is 0. The zero-order chi connectivity index (χ0) is 18.8. The minimum Gasteiger partial charge on any atom is -0.497 e. The number of ether oxygens (including phenoxy) is 1. The van der Waals surface area contributed by atoms with Gasteiger partial charge in [0.2, 0.25) is 0 Å². The van der Waals surface area contributed by atoms with E-state index in [0.29, 0.717) is 5.92 Å². The minimum atomic E-state index is 0.367. The van der Waals surface area contributed by atoms with Crippen LogP contribution < -0.4 is 9.64 Å². The zero-order valence-corrected chi connectivity index (χ0v) is 16.7. The maximum absolute atomic E-state index is 5.38. The predicted octanol–water partition coefficient (Wildman–Crippen LogP) is 3.77. The van der Waals surface area contributed by atoms with Gasteiger partial charge >= 0.3 is 0 Å². The molecule has 0 amide bonds. The van der Waals surface area contributed by atoms with Gasteiger partial charge in [-0.05, 0) is 30.5 Å². The maximum Gasteiger partial charge on any atom is 0.137 e. The van der Waals surface area contributed by atoms with Crippen LogP contribution in [0.5, 0.6) is 5.75 Å². The predicted molar refractivity (Wildman–Crippen MR) is 108 cm³/mol. The fourth-order valence-corrected chi connectivity index (χ4v) is 4.08. The van der Waals surface area contributed by atoms with Crippen molar-refractivity contribution in [2.75, 3.05) is 31.6 Å². The first-order valence-electron chi connectivity index (χ1n) is 10.1. The van der Waals surface area contributed by atoms with Gasteiger partial charge in [-0.25, -0.2) is 9.97 Å². The van der Waals surface area contributed by atoms with Gasteiger partial charge in [-0.3, -0.25) is 4.90 Å². The van der Waals surface area contributed by atoms with E-state index in [4.69, 9.17) is 14.7 Å². The second-order valence-corrected chi connectivity index (χ2v) is 7.99. The van der Waals surface area contributed by atoms with Gasteiger partial charge in [-0.2, -0.15) is 0 Å². The number of methoxy groups -OCH3 is 1. The van der Waals surface area contributed by atoms with Gasteiger partial charge in [0.25, 0.3) is 0 Å². The molecule has 5 nitrogen and oxygen atoms in total. The van der Waals surface area contributed by atoms with Crippen molar-refractivity contribution in [3.63, 3.8) is 0 Å². The first-order valence-corrected chi connectivity index (χ1v) is 10.1. The Kier molecular flexibility index (Phi) is 5.30. The highest BCUT2D eigenvalue weighted by atomic mass is 16.5. The summed E-state index contributed by atoms with van der Waals surface area (Å²) in [4.78, 5) is 14.9. The van der Waals surface area contributed by atoms with Crippen molar-refractivity contribution in [3.05, 3.63) is 46.9 Å². The van der Waals surface area contributed by atoms with Gasteiger partial charge in [-0.15, -0.1) is 0 Å². The molecule has 144 valence electrons. The Morgan fingerprint density at radius 1 is 1.11 bits per heavy atom. The number of fused-ring (bicyclic) bond motifs is 1. The lowest BCUT2D eigenvalue weighted by molar-refractivity contribution is 0.242. The Bertz CT molecular complexity index is 799. The number of nitrogens with zero attached hydrogens (tertiary/aromatic N) is 4. The van der Waals surface area contributed by atoms with Gasteiger partial charge in [0, 0.05) is 50.6 Å². The highest BCUT2D eigenvalue weighted by molar-refractivity contribution is 5.51. The summed E-state index contributed by atoms with van der Waals surface area (Å²) in [5.41, 5.74) is 3.90.